The Morgan fingerprint density at radius 2 is 1.82 bits per heavy atom. The number of hydrogen-bond acceptors (Lipinski definition) is 4. The van der Waals surface area contributed by atoms with E-state index in [1.165, 1.54) is 0 Å². The van der Waals surface area contributed by atoms with E-state index in [1.54, 1.807) is 41.5 Å². The van der Waals surface area contributed by atoms with E-state index in [-0.39, 0.29) is 5.43 Å². The molecule has 0 amide bonds. The molecule has 0 aliphatic heterocycles. The molecule has 4 aromatic rings. The molecule has 0 fully saturated rings. The van der Waals surface area contributed by atoms with E-state index < -0.39 is 11.2 Å². The number of pyridine rings is 1. The van der Waals surface area contributed by atoms with Crippen molar-refractivity contribution in [1.82, 2.24) is 19.1 Å². The van der Waals surface area contributed by atoms with E-state index in [9.17, 15) is 9.00 Å². The highest BCUT2D eigenvalue weighted by atomic mass is 32.2. The SMILES string of the molecule is CN(C)S(=O)Nc1ccc2ccc3ncc(-c4cnn(C)c4)cc3c(=O)c2c1. The van der Waals surface area contributed by atoms with Gasteiger partial charge in [-0.2, -0.15) is 5.10 Å². The average Bonchev–Trinajstić information content (AvgIpc) is 3.06. The van der Waals surface area contributed by atoms with Gasteiger partial charge in [-0.25, -0.2) is 8.51 Å². The Morgan fingerprint density at radius 3 is 2.54 bits per heavy atom. The molecule has 0 aliphatic carbocycles. The first kappa shape index (κ1) is 18.3. The standard InChI is InChI=1S/C20H19N5O2S/c1-24(2)28(27)23-16-6-4-13-5-7-19-18(20(26)17(13)9-16)8-14(10-21-19)15-11-22-25(3)12-15/h4-12,23H,1-3H3. The third-order valence-corrected chi connectivity index (χ3v) is 5.53. The van der Waals surface area contributed by atoms with Crippen LogP contribution in [0.2, 0.25) is 0 Å². The second kappa shape index (κ2) is 7.14. The second-order valence-electron chi connectivity index (χ2n) is 6.69. The molecule has 142 valence electrons. The highest BCUT2D eigenvalue weighted by Gasteiger charge is 2.09. The van der Waals surface area contributed by atoms with Gasteiger partial charge in [0, 0.05) is 61.1 Å². The minimum absolute atomic E-state index is 0.118. The summed E-state index contributed by atoms with van der Waals surface area (Å²) in [5, 5.41) is 6.05. The number of fused-ring (bicyclic) bond motifs is 2. The third-order valence-electron chi connectivity index (χ3n) is 4.46. The van der Waals surface area contributed by atoms with Crippen LogP contribution in [0.1, 0.15) is 0 Å². The minimum atomic E-state index is -1.38. The van der Waals surface area contributed by atoms with Gasteiger partial charge in [-0.05, 0) is 29.7 Å². The molecule has 8 heteroatoms. The average molecular weight is 393 g/mol. The zero-order valence-electron chi connectivity index (χ0n) is 15.7. The Bertz CT molecular complexity index is 1280. The summed E-state index contributed by atoms with van der Waals surface area (Å²) in [5.74, 6) is 0. The van der Waals surface area contributed by atoms with Crippen molar-refractivity contribution in [3.8, 4) is 11.1 Å². The fourth-order valence-corrected chi connectivity index (χ4v) is 3.50. The van der Waals surface area contributed by atoms with Crippen LogP contribution < -0.4 is 10.2 Å². The molecule has 0 radical (unpaired) electrons. The smallest absolute Gasteiger partial charge is 0.195 e. The van der Waals surface area contributed by atoms with Gasteiger partial charge < -0.3 is 0 Å². The summed E-state index contributed by atoms with van der Waals surface area (Å²) in [6.45, 7) is 0. The first-order chi connectivity index (χ1) is 13.4. The zero-order valence-corrected chi connectivity index (χ0v) is 16.5. The van der Waals surface area contributed by atoms with Crippen molar-refractivity contribution in [2.24, 2.45) is 7.05 Å². The predicted octanol–water partition coefficient (Wildman–Crippen LogP) is 2.70. The van der Waals surface area contributed by atoms with Crippen molar-refractivity contribution in [1.29, 1.82) is 0 Å². The van der Waals surface area contributed by atoms with E-state index in [1.807, 2.05) is 43.6 Å². The lowest BCUT2D eigenvalue weighted by atomic mass is 10.1. The van der Waals surface area contributed by atoms with E-state index >= 15 is 0 Å². The molecule has 7 nitrogen and oxygen atoms in total. The molecule has 1 atom stereocenters. The van der Waals surface area contributed by atoms with Gasteiger partial charge in [0.1, 0.15) is 0 Å². The minimum Gasteiger partial charge on any atom is -0.292 e. The van der Waals surface area contributed by atoms with Crippen LogP contribution in [0.25, 0.3) is 32.8 Å². The number of aryl methyl sites for hydroxylation is 1. The zero-order chi connectivity index (χ0) is 19.8. The molecular formula is C20H19N5O2S. The third kappa shape index (κ3) is 3.39. The molecule has 0 aliphatic rings. The van der Waals surface area contributed by atoms with Crippen LogP contribution in [-0.2, 0) is 18.2 Å². The summed E-state index contributed by atoms with van der Waals surface area (Å²) in [4.78, 5) is 17.8. The summed E-state index contributed by atoms with van der Waals surface area (Å²) < 4.78 is 18.2. The lowest BCUT2D eigenvalue weighted by Gasteiger charge is -2.11. The van der Waals surface area contributed by atoms with Crippen molar-refractivity contribution < 1.29 is 4.21 Å². The highest BCUT2D eigenvalue weighted by Crippen LogP contribution is 2.23. The van der Waals surface area contributed by atoms with E-state index in [4.69, 9.17) is 0 Å². The number of nitrogens with zero attached hydrogens (tertiary/aromatic N) is 4. The summed E-state index contributed by atoms with van der Waals surface area (Å²) in [6, 6.07) is 10.9. The Morgan fingerprint density at radius 1 is 1.04 bits per heavy atom. The first-order valence-corrected chi connectivity index (χ1v) is 9.75. The van der Waals surface area contributed by atoms with E-state index in [0.29, 0.717) is 22.0 Å². The van der Waals surface area contributed by atoms with Gasteiger partial charge in [0.15, 0.2) is 16.6 Å². The topological polar surface area (TPSA) is 80.1 Å². The summed E-state index contributed by atoms with van der Waals surface area (Å²) in [6.07, 6.45) is 5.37. The molecule has 0 saturated carbocycles. The maximum absolute atomic E-state index is 13.3. The van der Waals surface area contributed by atoms with Crippen molar-refractivity contribution in [2.75, 3.05) is 18.8 Å². The van der Waals surface area contributed by atoms with E-state index in [2.05, 4.69) is 14.8 Å². The first-order valence-electron chi connectivity index (χ1n) is 8.64. The van der Waals surface area contributed by atoms with Crippen molar-refractivity contribution in [3.63, 3.8) is 0 Å². The predicted molar refractivity (Wildman–Crippen MR) is 113 cm³/mol. The van der Waals surface area contributed by atoms with Crippen LogP contribution in [0.3, 0.4) is 0 Å². The van der Waals surface area contributed by atoms with Gasteiger partial charge in [-0.15, -0.1) is 0 Å². The van der Waals surface area contributed by atoms with Crippen LogP contribution in [0.15, 0.2) is 59.8 Å². The number of nitrogens with one attached hydrogen (secondary N) is 1. The number of hydrogen-bond donors (Lipinski definition) is 1. The van der Waals surface area contributed by atoms with Gasteiger partial charge in [-0.3, -0.25) is 19.2 Å². The van der Waals surface area contributed by atoms with Crippen LogP contribution in [0, 0.1) is 0 Å². The molecule has 0 bridgehead atoms. The Balaban J connectivity index is 1.91. The molecule has 1 N–H and O–H groups in total. The van der Waals surface area contributed by atoms with Crippen molar-refractivity contribution in [2.45, 2.75) is 0 Å². The van der Waals surface area contributed by atoms with Gasteiger partial charge in [0.05, 0.1) is 11.7 Å². The lowest BCUT2D eigenvalue weighted by Crippen LogP contribution is -2.21. The molecule has 2 aromatic carbocycles. The fraction of sp³-hybridized carbons (Fsp3) is 0.150. The van der Waals surface area contributed by atoms with Crippen LogP contribution in [0.5, 0.6) is 0 Å². The molecule has 2 heterocycles. The van der Waals surface area contributed by atoms with Crippen LogP contribution >= 0.6 is 0 Å². The van der Waals surface area contributed by atoms with Crippen LogP contribution in [0.4, 0.5) is 5.69 Å². The number of rotatable bonds is 4. The highest BCUT2D eigenvalue weighted by molar-refractivity contribution is 7.83. The molecule has 0 spiro atoms. The quantitative estimate of drug-likeness (QED) is 0.578. The summed E-state index contributed by atoms with van der Waals surface area (Å²) >= 11 is -1.38. The van der Waals surface area contributed by atoms with Gasteiger partial charge in [0.2, 0.25) is 0 Å². The van der Waals surface area contributed by atoms with Gasteiger partial charge in [-0.1, -0.05) is 12.1 Å². The molecule has 2 aromatic heterocycles. The van der Waals surface area contributed by atoms with Crippen LogP contribution in [-0.4, -0.2) is 37.4 Å². The van der Waals surface area contributed by atoms with E-state index in [0.717, 1.165) is 16.5 Å². The van der Waals surface area contributed by atoms with Crippen molar-refractivity contribution in [3.05, 3.63) is 65.2 Å². The Kier molecular flexibility index (Phi) is 4.66. The fourth-order valence-electron chi connectivity index (χ4n) is 2.99. The number of anilines is 1. The van der Waals surface area contributed by atoms with Gasteiger partial charge in [0.25, 0.3) is 0 Å². The normalized spacial score (nSPS) is 12.6. The Labute approximate surface area is 164 Å². The number of benzene rings is 1. The maximum Gasteiger partial charge on any atom is 0.195 e. The van der Waals surface area contributed by atoms with Crippen molar-refractivity contribution >= 4 is 38.5 Å². The maximum atomic E-state index is 13.3. The summed E-state index contributed by atoms with van der Waals surface area (Å²) in [7, 11) is 5.27. The second-order valence-corrected chi connectivity index (χ2v) is 8.12. The summed E-state index contributed by atoms with van der Waals surface area (Å²) in [5.41, 5.74) is 2.86. The number of aromatic nitrogens is 3. The molecule has 4 rings (SSSR count). The molecular weight excluding hydrogens is 374 g/mol. The molecule has 1 unspecified atom stereocenters. The monoisotopic (exact) mass is 393 g/mol. The van der Waals surface area contributed by atoms with Gasteiger partial charge >= 0.3 is 0 Å². The molecule has 28 heavy (non-hydrogen) atoms. The Hall–Kier alpha value is -3.10. The molecule has 0 saturated heterocycles. The lowest BCUT2D eigenvalue weighted by molar-refractivity contribution is 0.608. The largest absolute Gasteiger partial charge is 0.292 e.